The number of nitrogens with one attached hydrogen (secondary N) is 3. The number of aromatic nitrogens is 2. The summed E-state index contributed by atoms with van der Waals surface area (Å²) in [6.45, 7) is 1.08. The van der Waals surface area contributed by atoms with Gasteiger partial charge in [0.15, 0.2) is 0 Å². The molecule has 114 valence electrons. The quantitative estimate of drug-likeness (QED) is 0.681. The first-order valence-electron chi connectivity index (χ1n) is 6.92. The van der Waals surface area contributed by atoms with Crippen LogP contribution >= 0.6 is 11.3 Å². The molecule has 2 heterocycles. The maximum Gasteiger partial charge on any atom is 0.241 e. The monoisotopic (exact) mass is 326 g/mol. The molecule has 0 amide bonds. The van der Waals surface area contributed by atoms with E-state index < -0.39 is 10.0 Å². The van der Waals surface area contributed by atoms with Gasteiger partial charge in [-0.2, -0.15) is 0 Å². The third-order valence-electron chi connectivity index (χ3n) is 3.29. The van der Waals surface area contributed by atoms with Crippen LogP contribution in [0.4, 0.5) is 0 Å². The van der Waals surface area contributed by atoms with E-state index in [2.05, 4.69) is 20.0 Å². The van der Waals surface area contributed by atoms with Crippen molar-refractivity contribution in [1.29, 1.82) is 0 Å². The van der Waals surface area contributed by atoms with E-state index in [9.17, 15) is 8.42 Å². The molecule has 8 heteroatoms. The van der Waals surface area contributed by atoms with E-state index in [0.29, 0.717) is 23.9 Å². The minimum atomic E-state index is -3.42. The van der Waals surface area contributed by atoms with Gasteiger partial charge in [-0.3, -0.25) is 0 Å². The van der Waals surface area contributed by atoms with Crippen molar-refractivity contribution in [2.45, 2.75) is 36.7 Å². The molecule has 1 saturated carbocycles. The van der Waals surface area contributed by atoms with Gasteiger partial charge in [0.05, 0.1) is 4.90 Å². The fourth-order valence-electron chi connectivity index (χ4n) is 1.95. The van der Waals surface area contributed by atoms with Crippen molar-refractivity contribution in [3.05, 3.63) is 34.5 Å². The molecule has 0 radical (unpaired) electrons. The van der Waals surface area contributed by atoms with Crippen LogP contribution in [-0.2, 0) is 23.0 Å². The Kier molecular flexibility index (Phi) is 4.39. The molecule has 1 aliphatic carbocycles. The molecule has 3 rings (SSSR count). The Labute approximate surface area is 128 Å². The number of nitrogens with zero attached hydrogens (tertiary/aromatic N) is 1. The van der Waals surface area contributed by atoms with Crippen molar-refractivity contribution in [1.82, 2.24) is 20.0 Å². The number of thiophene rings is 1. The summed E-state index contributed by atoms with van der Waals surface area (Å²) >= 11 is 1.48. The summed E-state index contributed by atoms with van der Waals surface area (Å²) in [5.41, 5.74) is 0. The molecule has 0 saturated heterocycles. The van der Waals surface area contributed by atoms with E-state index >= 15 is 0 Å². The van der Waals surface area contributed by atoms with Gasteiger partial charge >= 0.3 is 0 Å². The number of hydrogen-bond acceptors (Lipinski definition) is 5. The molecular formula is C13H18N4O2S2. The Bertz CT molecular complexity index is 675. The summed E-state index contributed by atoms with van der Waals surface area (Å²) in [6, 6.07) is 2.37. The van der Waals surface area contributed by atoms with Gasteiger partial charge in [0.25, 0.3) is 0 Å². The van der Waals surface area contributed by atoms with E-state index in [1.165, 1.54) is 24.2 Å². The molecule has 2 aromatic heterocycles. The smallest absolute Gasteiger partial charge is 0.241 e. The van der Waals surface area contributed by atoms with E-state index in [1.54, 1.807) is 23.8 Å². The lowest BCUT2D eigenvalue weighted by Crippen LogP contribution is -2.25. The van der Waals surface area contributed by atoms with Crippen molar-refractivity contribution in [3.8, 4) is 0 Å². The molecule has 1 fully saturated rings. The van der Waals surface area contributed by atoms with Crippen LogP contribution in [0.1, 0.15) is 23.5 Å². The van der Waals surface area contributed by atoms with E-state index in [-0.39, 0.29) is 0 Å². The van der Waals surface area contributed by atoms with Crippen molar-refractivity contribution < 1.29 is 8.42 Å². The molecule has 2 aromatic rings. The molecule has 0 aliphatic heterocycles. The first-order valence-corrected chi connectivity index (χ1v) is 9.28. The van der Waals surface area contributed by atoms with E-state index in [4.69, 9.17) is 0 Å². The average Bonchev–Trinajstić information content (AvgIpc) is 2.93. The molecule has 6 nitrogen and oxygen atoms in total. The molecule has 0 unspecified atom stereocenters. The summed E-state index contributed by atoms with van der Waals surface area (Å²) in [6.07, 6.45) is 6.38. The average molecular weight is 326 g/mol. The first kappa shape index (κ1) is 14.7. The molecule has 0 atom stereocenters. The van der Waals surface area contributed by atoms with Gasteiger partial charge in [0, 0.05) is 48.2 Å². The minimum Gasteiger partial charge on any atom is -0.349 e. The zero-order valence-electron chi connectivity index (χ0n) is 11.5. The van der Waals surface area contributed by atoms with Crippen LogP contribution in [0.25, 0.3) is 0 Å². The molecule has 1 aliphatic rings. The van der Waals surface area contributed by atoms with Gasteiger partial charge in [-0.15, -0.1) is 11.3 Å². The van der Waals surface area contributed by atoms with Crippen LogP contribution in [0, 0.1) is 0 Å². The number of sulfonamides is 1. The Morgan fingerprint density at radius 2 is 2.29 bits per heavy atom. The highest BCUT2D eigenvalue weighted by Crippen LogP contribution is 2.22. The van der Waals surface area contributed by atoms with Crippen LogP contribution < -0.4 is 10.0 Å². The highest BCUT2D eigenvalue weighted by atomic mass is 32.2. The number of rotatable bonds is 8. The highest BCUT2D eigenvalue weighted by molar-refractivity contribution is 7.89. The van der Waals surface area contributed by atoms with Gasteiger partial charge in [-0.1, -0.05) is 0 Å². The predicted octanol–water partition coefficient (Wildman–Crippen LogP) is 1.24. The third-order valence-corrected chi connectivity index (χ3v) is 5.82. The van der Waals surface area contributed by atoms with Crippen molar-refractivity contribution in [2.24, 2.45) is 0 Å². The fraction of sp³-hybridized carbons (Fsp3) is 0.462. The summed E-state index contributed by atoms with van der Waals surface area (Å²) < 4.78 is 26.9. The van der Waals surface area contributed by atoms with Crippen LogP contribution in [-0.4, -0.2) is 31.0 Å². The lowest BCUT2D eigenvalue weighted by atomic mass is 10.4. The number of aromatic amines is 1. The molecular weight excluding hydrogens is 308 g/mol. The maximum absolute atomic E-state index is 12.2. The Hall–Kier alpha value is -1.22. The lowest BCUT2D eigenvalue weighted by Gasteiger charge is -2.03. The molecule has 21 heavy (non-hydrogen) atoms. The molecule has 0 aromatic carbocycles. The summed E-state index contributed by atoms with van der Waals surface area (Å²) in [5, 5.41) is 5.08. The van der Waals surface area contributed by atoms with Gasteiger partial charge in [0.1, 0.15) is 5.82 Å². The Morgan fingerprint density at radius 1 is 1.43 bits per heavy atom. The van der Waals surface area contributed by atoms with Crippen LogP contribution in [0.2, 0.25) is 0 Å². The SMILES string of the molecule is O=S(=O)(NCCc1ncc[nH]1)c1csc(CNC2CC2)c1. The fourth-order valence-corrected chi connectivity index (χ4v) is 4.21. The molecule has 3 N–H and O–H groups in total. The second-order valence-electron chi connectivity index (χ2n) is 5.09. The Morgan fingerprint density at radius 3 is 3.00 bits per heavy atom. The second-order valence-corrected chi connectivity index (χ2v) is 7.85. The number of imidazole rings is 1. The third kappa shape index (κ3) is 4.13. The first-order chi connectivity index (χ1) is 10.1. The molecule has 0 bridgehead atoms. The highest BCUT2D eigenvalue weighted by Gasteiger charge is 2.21. The summed E-state index contributed by atoms with van der Waals surface area (Å²) in [4.78, 5) is 8.41. The molecule has 0 spiro atoms. The maximum atomic E-state index is 12.2. The van der Waals surface area contributed by atoms with Crippen LogP contribution in [0.5, 0.6) is 0 Å². The van der Waals surface area contributed by atoms with Crippen LogP contribution in [0.15, 0.2) is 28.7 Å². The standard InChI is InChI=1S/C13H18N4O2S2/c18-21(19,17-4-3-13-14-5-6-15-13)12-7-11(20-9-12)8-16-10-1-2-10/h5-7,9-10,16-17H,1-4,8H2,(H,14,15). The number of hydrogen-bond donors (Lipinski definition) is 3. The predicted molar refractivity (Wildman–Crippen MR) is 81.7 cm³/mol. The Balaban J connectivity index is 1.53. The normalized spacial score (nSPS) is 15.4. The lowest BCUT2D eigenvalue weighted by molar-refractivity contribution is 0.581. The van der Waals surface area contributed by atoms with Crippen molar-refractivity contribution >= 4 is 21.4 Å². The van der Waals surface area contributed by atoms with E-state index in [0.717, 1.165) is 17.2 Å². The van der Waals surface area contributed by atoms with Crippen molar-refractivity contribution in [3.63, 3.8) is 0 Å². The van der Waals surface area contributed by atoms with Gasteiger partial charge < -0.3 is 10.3 Å². The minimum absolute atomic E-state index is 0.335. The van der Waals surface area contributed by atoms with Gasteiger partial charge in [-0.25, -0.2) is 18.1 Å². The van der Waals surface area contributed by atoms with Gasteiger partial charge in [-0.05, 0) is 18.9 Å². The van der Waals surface area contributed by atoms with E-state index in [1.807, 2.05) is 0 Å². The summed E-state index contributed by atoms with van der Waals surface area (Å²) in [7, 11) is -3.42. The zero-order chi connectivity index (χ0) is 14.7. The van der Waals surface area contributed by atoms with Crippen molar-refractivity contribution in [2.75, 3.05) is 6.54 Å². The van der Waals surface area contributed by atoms with Crippen LogP contribution in [0.3, 0.4) is 0 Å². The topological polar surface area (TPSA) is 86.9 Å². The largest absolute Gasteiger partial charge is 0.349 e. The summed E-state index contributed by atoms with van der Waals surface area (Å²) in [5.74, 6) is 0.775. The zero-order valence-corrected chi connectivity index (χ0v) is 13.1. The van der Waals surface area contributed by atoms with Gasteiger partial charge in [0.2, 0.25) is 10.0 Å². The number of H-pyrrole nitrogens is 1. The second kappa shape index (κ2) is 6.27.